The summed E-state index contributed by atoms with van der Waals surface area (Å²) in [5.74, 6) is -0.658. The second-order valence-corrected chi connectivity index (χ2v) is 3.13. The van der Waals surface area contributed by atoms with Crippen LogP contribution in [0.15, 0.2) is 30.3 Å². The zero-order chi connectivity index (χ0) is 10.6. The molecule has 0 aliphatic heterocycles. The number of hydroxylamine groups is 1. The summed E-state index contributed by atoms with van der Waals surface area (Å²) in [6, 6.07) is 8.11. The minimum absolute atomic E-state index is 0.289. The lowest BCUT2D eigenvalue weighted by Crippen LogP contribution is -2.31. The van der Waals surface area contributed by atoms with Crippen molar-refractivity contribution in [3.63, 3.8) is 0 Å². The van der Waals surface area contributed by atoms with Crippen molar-refractivity contribution in [2.45, 2.75) is 0 Å². The first-order valence-electron chi connectivity index (χ1n) is 3.71. The fourth-order valence-electron chi connectivity index (χ4n) is 0.904. The molecule has 0 aromatic heterocycles. The SMILES string of the molecule is CON(C(=O)c1ccccc1)S(=O)O. The molecule has 0 aliphatic carbocycles. The molecule has 1 rings (SSSR count). The highest BCUT2D eigenvalue weighted by Gasteiger charge is 2.20. The fourth-order valence-corrected chi connectivity index (χ4v) is 1.28. The number of amides is 1. The smallest absolute Gasteiger partial charge is 0.288 e. The Hall–Kier alpha value is -1.24. The van der Waals surface area contributed by atoms with Gasteiger partial charge in [0, 0.05) is 5.56 Å². The number of carbonyl (C=O) groups excluding carboxylic acids is 1. The number of rotatable bonds is 3. The molecule has 5 nitrogen and oxygen atoms in total. The van der Waals surface area contributed by atoms with E-state index in [9.17, 15) is 9.00 Å². The summed E-state index contributed by atoms with van der Waals surface area (Å²) >= 11 is -2.47. The predicted molar refractivity (Wildman–Crippen MR) is 50.4 cm³/mol. The zero-order valence-electron chi connectivity index (χ0n) is 7.41. The number of benzene rings is 1. The molecule has 1 N–H and O–H groups in total. The fraction of sp³-hybridized carbons (Fsp3) is 0.125. The van der Waals surface area contributed by atoms with Gasteiger partial charge in [0.25, 0.3) is 17.2 Å². The van der Waals surface area contributed by atoms with Crippen LogP contribution >= 0.6 is 0 Å². The molecule has 6 heteroatoms. The van der Waals surface area contributed by atoms with E-state index in [1.807, 2.05) is 0 Å². The molecule has 0 fully saturated rings. The Morgan fingerprint density at radius 2 is 2.00 bits per heavy atom. The first-order valence-corrected chi connectivity index (χ1v) is 4.77. The maximum Gasteiger partial charge on any atom is 0.291 e. The van der Waals surface area contributed by atoms with Crippen molar-refractivity contribution in [2.75, 3.05) is 7.11 Å². The topological polar surface area (TPSA) is 66.8 Å². The Labute approximate surface area is 83.7 Å². The van der Waals surface area contributed by atoms with E-state index in [2.05, 4.69) is 4.84 Å². The first kappa shape index (κ1) is 10.8. The molecule has 1 aromatic carbocycles. The molecule has 0 aliphatic rings. The highest BCUT2D eigenvalue weighted by atomic mass is 32.2. The van der Waals surface area contributed by atoms with Gasteiger partial charge in [0.05, 0.1) is 7.11 Å². The molecule has 0 radical (unpaired) electrons. The van der Waals surface area contributed by atoms with E-state index in [4.69, 9.17) is 4.55 Å². The van der Waals surface area contributed by atoms with Crippen LogP contribution in [-0.4, -0.2) is 26.2 Å². The van der Waals surface area contributed by atoms with Crippen molar-refractivity contribution >= 4 is 17.2 Å². The molecule has 0 bridgehead atoms. The van der Waals surface area contributed by atoms with Crippen molar-refractivity contribution in [2.24, 2.45) is 0 Å². The zero-order valence-corrected chi connectivity index (χ0v) is 8.23. The molecule has 1 unspecified atom stereocenters. The lowest BCUT2D eigenvalue weighted by Gasteiger charge is -2.13. The van der Waals surface area contributed by atoms with Crippen molar-refractivity contribution in [1.29, 1.82) is 0 Å². The van der Waals surface area contributed by atoms with Gasteiger partial charge in [-0.2, -0.15) is 0 Å². The highest BCUT2D eigenvalue weighted by molar-refractivity contribution is 7.77. The standard InChI is InChI=1S/C8H9NO4S/c1-13-9(14(11)12)8(10)7-5-3-2-4-6-7/h2-6H,1H3,(H,11,12). The van der Waals surface area contributed by atoms with Crippen molar-refractivity contribution < 1.29 is 18.4 Å². The maximum absolute atomic E-state index is 11.5. The molecule has 0 saturated heterocycles. The van der Waals surface area contributed by atoms with Crippen LogP contribution < -0.4 is 0 Å². The summed E-state index contributed by atoms with van der Waals surface area (Å²) in [6.07, 6.45) is 0. The largest absolute Gasteiger partial charge is 0.291 e. The molecule has 1 aromatic rings. The second-order valence-electron chi connectivity index (χ2n) is 2.34. The van der Waals surface area contributed by atoms with Gasteiger partial charge in [-0.25, -0.2) is 4.21 Å². The van der Waals surface area contributed by atoms with E-state index in [1.165, 1.54) is 12.1 Å². The van der Waals surface area contributed by atoms with Gasteiger partial charge in [0.2, 0.25) is 0 Å². The molecule has 0 spiro atoms. The van der Waals surface area contributed by atoms with Gasteiger partial charge in [-0.15, -0.1) is 4.47 Å². The molecular weight excluding hydrogens is 206 g/mol. The molecular formula is C8H9NO4S. The molecule has 1 amide bonds. The van der Waals surface area contributed by atoms with Gasteiger partial charge in [-0.05, 0) is 12.1 Å². The van der Waals surface area contributed by atoms with Crippen LogP contribution in [0.2, 0.25) is 0 Å². The Bertz CT molecular complexity index is 340. The van der Waals surface area contributed by atoms with Crippen molar-refractivity contribution in [3.8, 4) is 0 Å². The highest BCUT2D eigenvalue weighted by Crippen LogP contribution is 2.05. The van der Waals surface area contributed by atoms with E-state index in [0.717, 1.165) is 7.11 Å². The van der Waals surface area contributed by atoms with Gasteiger partial charge in [0.15, 0.2) is 0 Å². The van der Waals surface area contributed by atoms with Gasteiger partial charge in [-0.3, -0.25) is 14.2 Å². The number of hydrogen-bond acceptors (Lipinski definition) is 3. The minimum atomic E-state index is -2.47. The molecule has 1 atom stereocenters. The predicted octanol–water partition coefficient (Wildman–Crippen LogP) is 0.827. The molecule has 0 heterocycles. The Morgan fingerprint density at radius 1 is 1.43 bits per heavy atom. The number of hydrogen-bond donors (Lipinski definition) is 1. The third kappa shape index (κ3) is 2.38. The quantitative estimate of drug-likeness (QED) is 0.599. The van der Waals surface area contributed by atoms with Crippen molar-refractivity contribution in [1.82, 2.24) is 4.47 Å². The van der Waals surface area contributed by atoms with Crippen LogP contribution in [0.3, 0.4) is 0 Å². The average Bonchev–Trinajstić information content (AvgIpc) is 2.19. The van der Waals surface area contributed by atoms with E-state index >= 15 is 0 Å². The van der Waals surface area contributed by atoms with Crippen molar-refractivity contribution in [3.05, 3.63) is 35.9 Å². The normalized spacial score (nSPS) is 12.1. The van der Waals surface area contributed by atoms with E-state index in [1.54, 1.807) is 18.2 Å². The minimum Gasteiger partial charge on any atom is -0.288 e. The Kier molecular flexibility index (Phi) is 3.75. The monoisotopic (exact) mass is 215 g/mol. The van der Waals surface area contributed by atoms with Crippen LogP contribution in [-0.2, 0) is 16.1 Å². The second kappa shape index (κ2) is 4.85. The molecule has 14 heavy (non-hydrogen) atoms. The summed E-state index contributed by atoms with van der Waals surface area (Å²) < 4.78 is 19.7. The van der Waals surface area contributed by atoms with E-state index < -0.39 is 17.2 Å². The lowest BCUT2D eigenvalue weighted by atomic mass is 10.2. The third-order valence-corrected chi connectivity index (χ3v) is 2.09. The van der Waals surface area contributed by atoms with Crippen LogP contribution in [0.4, 0.5) is 0 Å². The van der Waals surface area contributed by atoms with Gasteiger partial charge in [0.1, 0.15) is 0 Å². The number of carbonyl (C=O) groups is 1. The number of nitrogens with zero attached hydrogens (tertiary/aromatic N) is 1. The summed E-state index contributed by atoms with van der Waals surface area (Å²) in [7, 11) is 1.15. The molecule has 76 valence electrons. The van der Waals surface area contributed by atoms with Gasteiger partial charge >= 0.3 is 0 Å². The maximum atomic E-state index is 11.5. The molecule has 0 saturated carbocycles. The van der Waals surface area contributed by atoms with Gasteiger partial charge in [-0.1, -0.05) is 18.2 Å². The average molecular weight is 215 g/mol. The summed E-state index contributed by atoms with van der Waals surface area (Å²) in [5, 5.41) is 0. The Morgan fingerprint density at radius 3 is 2.43 bits per heavy atom. The van der Waals surface area contributed by atoms with E-state index in [0.29, 0.717) is 4.47 Å². The summed E-state index contributed by atoms with van der Waals surface area (Å²) in [4.78, 5) is 15.9. The van der Waals surface area contributed by atoms with Crippen LogP contribution in [0.1, 0.15) is 10.4 Å². The van der Waals surface area contributed by atoms with Crippen LogP contribution in [0.5, 0.6) is 0 Å². The Balaban J connectivity index is 2.89. The first-order chi connectivity index (χ1) is 6.66. The van der Waals surface area contributed by atoms with Gasteiger partial charge < -0.3 is 0 Å². The van der Waals surface area contributed by atoms with Crippen LogP contribution in [0, 0.1) is 0 Å². The lowest BCUT2D eigenvalue weighted by molar-refractivity contribution is -0.0292. The summed E-state index contributed by atoms with van der Waals surface area (Å²) in [5.41, 5.74) is 0.289. The van der Waals surface area contributed by atoms with Crippen LogP contribution in [0.25, 0.3) is 0 Å². The third-order valence-electron chi connectivity index (χ3n) is 1.49. The summed E-state index contributed by atoms with van der Waals surface area (Å²) in [6.45, 7) is 0. The van der Waals surface area contributed by atoms with E-state index in [-0.39, 0.29) is 5.56 Å².